The molecule has 19 heavy (non-hydrogen) atoms. The third kappa shape index (κ3) is 2.10. The van der Waals surface area contributed by atoms with Gasteiger partial charge in [0.2, 0.25) is 0 Å². The van der Waals surface area contributed by atoms with Crippen molar-refractivity contribution in [1.29, 1.82) is 0 Å². The lowest BCUT2D eigenvalue weighted by atomic mass is 9.72. The molecule has 3 rings (SSSR count). The smallest absolute Gasteiger partial charge is 0.170 e. The minimum atomic E-state index is -0.335. The van der Waals surface area contributed by atoms with Crippen LogP contribution in [-0.4, -0.2) is 31.2 Å². The predicted octanol–water partition coefficient (Wildman–Crippen LogP) is 2.60. The highest BCUT2D eigenvalue weighted by Crippen LogP contribution is 2.46. The average Bonchev–Trinajstić information content (AvgIpc) is 2.37. The highest BCUT2D eigenvalue weighted by atomic mass is 16.5. The Morgan fingerprint density at radius 1 is 1.42 bits per heavy atom. The molecule has 1 fully saturated rings. The van der Waals surface area contributed by atoms with Crippen molar-refractivity contribution < 1.29 is 19.0 Å². The summed E-state index contributed by atoms with van der Waals surface area (Å²) < 4.78 is 16.7. The number of Topliss-reactive ketones (excluding diaryl/α,β-unsaturated/α-hetero) is 1. The largest absolute Gasteiger partial charge is 0.497 e. The van der Waals surface area contributed by atoms with Gasteiger partial charge in [0.25, 0.3) is 0 Å². The first-order valence-corrected chi connectivity index (χ1v) is 6.67. The molecule has 0 N–H and O–H groups in total. The summed E-state index contributed by atoms with van der Waals surface area (Å²) in [6.45, 7) is 2.70. The van der Waals surface area contributed by atoms with Gasteiger partial charge < -0.3 is 14.2 Å². The SMILES string of the molecule is CCOC1CC2(CC(=O)c3cc(OC)ccc3O2)C1. The molecule has 1 aromatic rings. The number of fused-ring (bicyclic) bond motifs is 1. The van der Waals surface area contributed by atoms with Crippen molar-refractivity contribution in [3.8, 4) is 11.5 Å². The van der Waals surface area contributed by atoms with Crippen molar-refractivity contribution >= 4 is 5.78 Å². The standard InChI is InChI=1S/C15H18O4/c1-3-18-11-7-15(8-11)9-13(16)12-6-10(17-2)4-5-14(12)19-15/h4-6,11H,3,7-9H2,1-2H3. The molecule has 0 atom stereocenters. The summed E-state index contributed by atoms with van der Waals surface area (Å²) in [5.74, 6) is 1.49. The Morgan fingerprint density at radius 2 is 2.21 bits per heavy atom. The van der Waals surface area contributed by atoms with Crippen LogP contribution in [-0.2, 0) is 4.74 Å². The molecule has 0 radical (unpaired) electrons. The maximum atomic E-state index is 12.3. The van der Waals surface area contributed by atoms with Crippen molar-refractivity contribution in [1.82, 2.24) is 0 Å². The summed E-state index contributed by atoms with van der Waals surface area (Å²) in [6, 6.07) is 5.40. The van der Waals surface area contributed by atoms with Gasteiger partial charge in [-0.25, -0.2) is 0 Å². The van der Waals surface area contributed by atoms with Gasteiger partial charge in [-0.1, -0.05) is 0 Å². The van der Waals surface area contributed by atoms with Gasteiger partial charge in [0.05, 0.1) is 25.2 Å². The predicted molar refractivity (Wildman–Crippen MR) is 69.9 cm³/mol. The van der Waals surface area contributed by atoms with E-state index in [-0.39, 0.29) is 17.5 Å². The molecule has 0 bridgehead atoms. The first kappa shape index (κ1) is 12.5. The third-order valence-electron chi connectivity index (χ3n) is 3.90. The van der Waals surface area contributed by atoms with Crippen LogP contribution in [0.4, 0.5) is 0 Å². The van der Waals surface area contributed by atoms with Crippen LogP contribution in [0.25, 0.3) is 0 Å². The van der Waals surface area contributed by atoms with Crippen LogP contribution in [0.3, 0.4) is 0 Å². The van der Waals surface area contributed by atoms with Crippen LogP contribution < -0.4 is 9.47 Å². The van der Waals surface area contributed by atoms with Gasteiger partial charge in [-0.3, -0.25) is 4.79 Å². The highest BCUT2D eigenvalue weighted by Gasteiger charge is 2.51. The second-order valence-electron chi connectivity index (χ2n) is 5.23. The molecule has 1 saturated carbocycles. The molecule has 2 aliphatic rings. The number of benzene rings is 1. The molecule has 1 aliphatic carbocycles. The van der Waals surface area contributed by atoms with E-state index >= 15 is 0 Å². The van der Waals surface area contributed by atoms with Gasteiger partial charge in [-0.05, 0) is 25.1 Å². The number of hydrogen-bond acceptors (Lipinski definition) is 4. The Labute approximate surface area is 112 Å². The quantitative estimate of drug-likeness (QED) is 0.840. The minimum absolute atomic E-state index is 0.134. The van der Waals surface area contributed by atoms with E-state index in [0.29, 0.717) is 30.1 Å². The molecular weight excluding hydrogens is 244 g/mol. The normalized spacial score (nSPS) is 28.5. The molecule has 0 amide bonds. The van der Waals surface area contributed by atoms with Crippen molar-refractivity contribution in [3.63, 3.8) is 0 Å². The van der Waals surface area contributed by atoms with Crippen LogP contribution >= 0.6 is 0 Å². The molecule has 1 aromatic carbocycles. The van der Waals surface area contributed by atoms with E-state index in [1.165, 1.54) is 0 Å². The summed E-state index contributed by atoms with van der Waals surface area (Å²) in [5.41, 5.74) is 0.295. The zero-order valence-corrected chi connectivity index (χ0v) is 11.3. The summed E-state index contributed by atoms with van der Waals surface area (Å²) in [5, 5.41) is 0. The van der Waals surface area contributed by atoms with E-state index < -0.39 is 0 Å². The number of hydrogen-bond donors (Lipinski definition) is 0. The first-order chi connectivity index (χ1) is 9.15. The van der Waals surface area contributed by atoms with E-state index in [4.69, 9.17) is 14.2 Å². The number of ketones is 1. The zero-order valence-electron chi connectivity index (χ0n) is 11.3. The maximum absolute atomic E-state index is 12.3. The Kier molecular flexibility index (Phi) is 2.97. The molecule has 1 spiro atoms. The minimum Gasteiger partial charge on any atom is -0.497 e. The summed E-state index contributed by atoms with van der Waals surface area (Å²) in [6.07, 6.45) is 2.28. The molecule has 102 valence electrons. The zero-order chi connectivity index (χ0) is 13.5. The van der Waals surface area contributed by atoms with Crippen LogP contribution in [0.2, 0.25) is 0 Å². The van der Waals surface area contributed by atoms with Gasteiger partial charge in [0.1, 0.15) is 17.1 Å². The lowest BCUT2D eigenvalue weighted by Crippen LogP contribution is -2.55. The van der Waals surface area contributed by atoms with E-state index in [1.807, 2.05) is 19.1 Å². The Hall–Kier alpha value is -1.55. The second-order valence-corrected chi connectivity index (χ2v) is 5.23. The fourth-order valence-electron chi connectivity index (χ4n) is 2.95. The number of methoxy groups -OCH3 is 1. The van der Waals surface area contributed by atoms with Crippen molar-refractivity contribution in [2.75, 3.05) is 13.7 Å². The summed E-state index contributed by atoms with van der Waals surface area (Å²) in [4.78, 5) is 12.3. The van der Waals surface area contributed by atoms with Crippen LogP contribution in [0.15, 0.2) is 18.2 Å². The fourth-order valence-corrected chi connectivity index (χ4v) is 2.95. The van der Waals surface area contributed by atoms with Gasteiger partial charge in [0, 0.05) is 19.4 Å². The van der Waals surface area contributed by atoms with Crippen molar-refractivity contribution in [2.45, 2.75) is 37.9 Å². The third-order valence-corrected chi connectivity index (χ3v) is 3.90. The molecule has 0 aromatic heterocycles. The van der Waals surface area contributed by atoms with Crippen molar-refractivity contribution in [3.05, 3.63) is 23.8 Å². The second kappa shape index (κ2) is 4.53. The van der Waals surface area contributed by atoms with Crippen LogP contribution in [0.5, 0.6) is 11.5 Å². The summed E-state index contributed by atoms with van der Waals surface area (Å²) >= 11 is 0. The Balaban J connectivity index is 1.80. The molecule has 4 nitrogen and oxygen atoms in total. The topological polar surface area (TPSA) is 44.8 Å². The van der Waals surface area contributed by atoms with Gasteiger partial charge in [-0.15, -0.1) is 0 Å². The maximum Gasteiger partial charge on any atom is 0.170 e. The molecular formula is C15H18O4. The van der Waals surface area contributed by atoms with E-state index in [1.54, 1.807) is 13.2 Å². The van der Waals surface area contributed by atoms with Gasteiger partial charge in [0.15, 0.2) is 5.78 Å². The van der Waals surface area contributed by atoms with E-state index in [0.717, 1.165) is 12.8 Å². The number of carbonyl (C=O) groups is 1. The highest BCUT2D eigenvalue weighted by molar-refractivity contribution is 6.00. The molecule has 0 saturated heterocycles. The lowest BCUT2D eigenvalue weighted by Gasteiger charge is -2.48. The Bertz CT molecular complexity index is 503. The number of carbonyl (C=O) groups excluding carboxylic acids is 1. The first-order valence-electron chi connectivity index (χ1n) is 6.67. The number of ether oxygens (including phenoxy) is 3. The Morgan fingerprint density at radius 3 is 2.89 bits per heavy atom. The number of rotatable bonds is 3. The average molecular weight is 262 g/mol. The van der Waals surface area contributed by atoms with Crippen molar-refractivity contribution in [2.24, 2.45) is 0 Å². The summed E-state index contributed by atoms with van der Waals surface area (Å²) in [7, 11) is 1.59. The van der Waals surface area contributed by atoms with E-state index in [9.17, 15) is 4.79 Å². The lowest BCUT2D eigenvalue weighted by molar-refractivity contribution is -0.123. The monoisotopic (exact) mass is 262 g/mol. The molecule has 1 heterocycles. The van der Waals surface area contributed by atoms with E-state index in [2.05, 4.69) is 0 Å². The van der Waals surface area contributed by atoms with Crippen LogP contribution in [0, 0.1) is 0 Å². The molecule has 1 aliphatic heterocycles. The van der Waals surface area contributed by atoms with Crippen LogP contribution in [0.1, 0.15) is 36.5 Å². The fraction of sp³-hybridized carbons (Fsp3) is 0.533. The van der Waals surface area contributed by atoms with Gasteiger partial charge >= 0.3 is 0 Å². The molecule has 4 heteroatoms. The van der Waals surface area contributed by atoms with Gasteiger partial charge in [-0.2, -0.15) is 0 Å². The molecule has 0 unspecified atom stereocenters.